The van der Waals surface area contributed by atoms with E-state index in [-0.39, 0.29) is 53.9 Å². The molecule has 216 valence electrons. The van der Waals surface area contributed by atoms with Gasteiger partial charge in [0.1, 0.15) is 0 Å². The Morgan fingerprint density at radius 2 is 1.16 bits per heavy atom. The van der Waals surface area contributed by atoms with Crippen molar-refractivity contribution in [2.45, 2.75) is 129 Å². The van der Waals surface area contributed by atoms with Crippen molar-refractivity contribution < 1.29 is 26.6 Å². The topological polar surface area (TPSA) is 80.1 Å². The van der Waals surface area contributed by atoms with Crippen molar-refractivity contribution in [2.24, 2.45) is 33.7 Å². The minimum Gasteiger partial charge on any atom is -0.370 e. The first-order valence-electron chi connectivity index (χ1n) is 15.1. The molecule has 8 nitrogen and oxygen atoms in total. The Morgan fingerprint density at radius 1 is 0.632 bits per heavy atom. The maximum absolute atomic E-state index is 7.03. The predicted molar refractivity (Wildman–Crippen MR) is 153 cm³/mol. The molecule has 7 unspecified atom stereocenters. The molecule has 5 heterocycles. The first-order chi connectivity index (χ1) is 18.1. The Hall–Kier alpha value is -0.466. The standard InChI is InChI=1S/C28H50N2O6Si2/c1-19-23(5)31-37-17-11-15-29-13-9-8-10-14-30-16-12-18-38-34-26(22(4)27(35-38)28(6,7)36-38)21(3)25(33-37)20(2)24(19)32-37/h13-14,19-27H,8-12,15-18H2,1-7H3/t19?,20?,21?,22?,23-,24-,25-,26-,27?,37?,38?/m0/s1. The van der Waals surface area contributed by atoms with E-state index in [1.807, 2.05) is 0 Å². The maximum Gasteiger partial charge on any atom is 0.502 e. The van der Waals surface area contributed by atoms with Gasteiger partial charge in [-0.15, -0.1) is 0 Å². The summed E-state index contributed by atoms with van der Waals surface area (Å²) in [7, 11) is -5.67. The summed E-state index contributed by atoms with van der Waals surface area (Å²) in [6, 6.07) is 1.61. The fraction of sp³-hybridized carbons (Fsp3) is 0.929. The van der Waals surface area contributed by atoms with Crippen LogP contribution in [0.25, 0.3) is 0 Å². The molecule has 10 heteroatoms. The molecule has 4 saturated heterocycles. The fourth-order valence-corrected chi connectivity index (χ4v) is 14.7. The number of fused-ring (bicyclic) bond motifs is 4. The quantitative estimate of drug-likeness (QED) is 0.370. The van der Waals surface area contributed by atoms with Gasteiger partial charge in [-0.05, 0) is 65.3 Å². The molecule has 0 aromatic rings. The van der Waals surface area contributed by atoms with Crippen molar-refractivity contribution >= 4 is 30.0 Å². The molecule has 38 heavy (non-hydrogen) atoms. The SMILES string of the molecule is CC1C2O[Si]3(CCCN=CCCCC=NCCC[Si]45O[C@H](C(C)[C@@H]1O3)C(C)[C@@H](O4)C(C)[C@H](C)O5)OC2(C)C. The van der Waals surface area contributed by atoms with Crippen LogP contribution in [0, 0.1) is 23.7 Å². The number of aliphatic imine (C=N–C) groups is 2. The van der Waals surface area contributed by atoms with Gasteiger partial charge in [0.15, 0.2) is 0 Å². The number of nitrogens with zero attached hydrogens (tertiary/aromatic N) is 2. The molecular weight excluding hydrogens is 516 g/mol. The van der Waals surface area contributed by atoms with Crippen LogP contribution in [0.4, 0.5) is 0 Å². The van der Waals surface area contributed by atoms with Crippen molar-refractivity contribution in [1.29, 1.82) is 0 Å². The van der Waals surface area contributed by atoms with Crippen LogP contribution in [0.15, 0.2) is 9.98 Å². The normalized spacial score (nSPS) is 49.9. The second-order valence-electron chi connectivity index (χ2n) is 12.9. The van der Waals surface area contributed by atoms with Crippen molar-refractivity contribution in [3.8, 4) is 0 Å². The van der Waals surface area contributed by atoms with Gasteiger partial charge in [0.2, 0.25) is 0 Å². The average Bonchev–Trinajstić information content (AvgIpc) is 3.10. The molecule has 4 fully saturated rings. The van der Waals surface area contributed by atoms with E-state index in [4.69, 9.17) is 26.6 Å². The number of rotatable bonds is 0. The summed E-state index contributed by atoms with van der Waals surface area (Å²) in [6.45, 7) is 17.2. The minimum absolute atomic E-state index is 0.00550. The van der Waals surface area contributed by atoms with Gasteiger partial charge in [0.25, 0.3) is 0 Å². The lowest BCUT2D eigenvalue weighted by atomic mass is 9.76. The van der Waals surface area contributed by atoms with Gasteiger partial charge in [-0.2, -0.15) is 0 Å². The summed E-state index contributed by atoms with van der Waals surface area (Å²) in [5, 5.41) is 0. The van der Waals surface area contributed by atoms with Crippen molar-refractivity contribution in [2.75, 3.05) is 13.1 Å². The Bertz CT molecular complexity index is 891. The van der Waals surface area contributed by atoms with Crippen molar-refractivity contribution in [3.63, 3.8) is 0 Å². The van der Waals surface area contributed by atoms with Crippen molar-refractivity contribution in [1.82, 2.24) is 0 Å². The third-order valence-corrected chi connectivity index (χ3v) is 15.5. The molecule has 0 radical (unpaired) electrons. The van der Waals surface area contributed by atoms with E-state index in [0.717, 1.165) is 57.3 Å². The van der Waals surface area contributed by atoms with Gasteiger partial charge >= 0.3 is 17.6 Å². The lowest BCUT2D eigenvalue weighted by Gasteiger charge is -2.56. The first-order valence-corrected chi connectivity index (χ1v) is 19.0. The summed E-state index contributed by atoms with van der Waals surface area (Å²) < 4.78 is 40.8. The molecule has 5 rings (SSSR count). The summed E-state index contributed by atoms with van der Waals surface area (Å²) in [4.78, 5) is 9.32. The van der Waals surface area contributed by atoms with E-state index in [1.54, 1.807) is 0 Å². The zero-order valence-corrected chi connectivity index (χ0v) is 26.6. The lowest BCUT2D eigenvalue weighted by molar-refractivity contribution is -0.192. The van der Waals surface area contributed by atoms with Gasteiger partial charge < -0.3 is 26.6 Å². The molecule has 11 atom stereocenters. The van der Waals surface area contributed by atoms with E-state index in [1.165, 1.54) is 0 Å². The van der Waals surface area contributed by atoms with E-state index in [2.05, 4.69) is 70.9 Å². The van der Waals surface area contributed by atoms with E-state index >= 15 is 0 Å². The van der Waals surface area contributed by atoms with Crippen LogP contribution in [0.3, 0.4) is 0 Å². The van der Waals surface area contributed by atoms with Gasteiger partial charge in [-0.25, -0.2) is 0 Å². The Morgan fingerprint density at radius 3 is 1.79 bits per heavy atom. The van der Waals surface area contributed by atoms with Gasteiger partial charge in [0.05, 0.1) is 36.1 Å². The summed E-state index contributed by atoms with van der Waals surface area (Å²) >= 11 is 0. The minimum atomic E-state index is -2.84. The molecule has 0 amide bonds. The van der Waals surface area contributed by atoms with Crippen LogP contribution in [0.2, 0.25) is 12.1 Å². The third-order valence-electron chi connectivity index (χ3n) is 9.51. The number of hydrogen-bond acceptors (Lipinski definition) is 8. The summed E-state index contributed by atoms with van der Waals surface area (Å²) in [5.41, 5.74) is -0.361. The highest BCUT2D eigenvalue weighted by atomic mass is 28.4. The third kappa shape index (κ3) is 5.66. The molecular formula is C28H50N2O6Si2. The van der Waals surface area contributed by atoms with Crippen LogP contribution in [-0.2, 0) is 26.6 Å². The zero-order valence-electron chi connectivity index (χ0n) is 24.6. The fourth-order valence-electron chi connectivity index (χ4n) is 7.39. The zero-order chi connectivity index (χ0) is 27.1. The van der Waals surface area contributed by atoms with Crippen LogP contribution in [-0.4, -0.2) is 79.2 Å². The Kier molecular flexibility index (Phi) is 8.73. The van der Waals surface area contributed by atoms with Crippen molar-refractivity contribution in [3.05, 3.63) is 0 Å². The Labute approximate surface area is 232 Å². The van der Waals surface area contributed by atoms with Gasteiger partial charge in [-0.1, -0.05) is 27.7 Å². The molecule has 0 aromatic carbocycles. The van der Waals surface area contributed by atoms with Crippen LogP contribution in [0.5, 0.6) is 0 Å². The monoisotopic (exact) mass is 566 g/mol. The Balaban J connectivity index is 1.43. The summed E-state index contributed by atoms with van der Waals surface area (Å²) in [5.74, 6) is 0.933. The largest absolute Gasteiger partial charge is 0.502 e. The second-order valence-corrected chi connectivity index (χ2v) is 18.0. The average molecular weight is 567 g/mol. The molecule has 5 aliphatic heterocycles. The van der Waals surface area contributed by atoms with Crippen LogP contribution in [0.1, 0.15) is 80.6 Å². The second kappa shape index (κ2) is 11.4. The first kappa shape index (κ1) is 29.0. The molecule has 0 N–H and O–H groups in total. The molecule has 2 spiro atoms. The smallest absolute Gasteiger partial charge is 0.370 e. The van der Waals surface area contributed by atoms with E-state index in [9.17, 15) is 0 Å². The predicted octanol–water partition coefficient (Wildman–Crippen LogP) is 5.31. The highest BCUT2D eigenvalue weighted by molar-refractivity contribution is 6.62. The number of hydrogen-bond donors (Lipinski definition) is 0. The molecule has 6 bridgehead atoms. The lowest BCUT2D eigenvalue weighted by Crippen LogP contribution is -2.68. The summed E-state index contributed by atoms with van der Waals surface area (Å²) in [6.07, 6.45) is 9.28. The maximum atomic E-state index is 7.03. The molecule has 0 aromatic heterocycles. The highest BCUT2D eigenvalue weighted by Gasteiger charge is 2.66. The van der Waals surface area contributed by atoms with E-state index < -0.39 is 17.6 Å². The molecule has 5 aliphatic rings. The van der Waals surface area contributed by atoms with Crippen LogP contribution >= 0.6 is 0 Å². The van der Waals surface area contributed by atoms with Gasteiger partial charge in [-0.3, -0.25) is 9.98 Å². The molecule has 0 saturated carbocycles. The van der Waals surface area contributed by atoms with E-state index in [0.29, 0.717) is 5.92 Å². The van der Waals surface area contributed by atoms with Gasteiger partial charge in [0, 0.05) is 48.8 Å². The van der Waals surface area contributed by atoms with Crippen LogP contribution < -0.4 is 0 Å². The highest BCUT2D eigenvalue weighted by Crippen LogP contribution is 2.51. The molecule has 0 aliphatic carbocycles.